The average Bonchev–Trinajstić information content (AvgIpc) is 2.61. The van der Waals surface area contributed by atoms with E-state index >= 15 is 0 Å². The Labute approximate surface area is 147 Å². The second-order valence-corrected chi connectivity index (χ2v) is 6.47. The van der Waals surface area contributed by atoms with Crippen LogP contribution in [0.2, 0.25) is 0 Å². The van der Waals surface area contributed by atoms with Crippen LogP contribution in [-0.2, 0) is 16.2 Å². The summed E-state index contributed by atoms with van der Waals surface area (Å²) in [5.41, 5.74) is 1.80. The summed E-state index contributed by atoms with van der Waals surface area (Å²) in [7, 11) is 0. The maximum atomic E-state index is 12.0. The van der Waals surface area contributed by atoms with Gasteiger partial charge in [0.05, 0.1) is 5.56 Å². The minimum Gasteiger partial charge on any atom is -0.292 e. The van der Waals surface area contributed by atoms with Crippen molar-refractivity contribution in [2.24, 2.45) is 0 Å². The molecule has 3 heteroatoms. The van der Waals surface area contributed by atoms with E-state index in [2.05, 4.69) is 13.8 Å². The Bertz CT molecular complexity index is 439. The van der Waals surface area contributed by atoms with E-state index < -0.39 is 5.97 Å². The largest absolute Gasteiger partial charge is 0.373 e. The Morgan fingerprint density at radius 2 is 1.46 bits per heavy atom. The van der Waals surface area contributed by atoms with Gasteiger partial charge in [0.15, 0.2) is 0 Å². The van der Waals surface area contributed by atoms with Gasteiger partial charge in [-0.2, -0.15) is 4.89 Å². The highest BCUT2D eigenvalue weighted by Gasteiger charge is 2.12. The van der Waals surface area contributed by atoms with Crippen LogP contribution in [0.3, 0.4) is 0 Å². The maximum Gasteiger partial charge on any atom is 0.373 e. The fourth-order valence-corrected chi connectivity index (χ4v) is 2.56. The molecule has 0 amide bonds. The average molecular weight is 333 g/mol. The van der Waals surface area contributed by atoms with Gasteiger partial charge in [-0.05, 0) is 43.9 Å². The maximum absolute atomic E-state index is 12.0. The first kappa shape index (κ1) is 20.7. The Morgan fingerprint density at radius 3 is 2.08 bits per heavy atom. The normalized spacial score (nSPS) is 11.0. The molecular formula is C21H33O3. The van der Waals surface area contributed by atoms with Crippen molar-refractivity contribution >= 4 is 5.97 Å². The van der Waals surface area contributed by atoms with Gasteiger partial charge < -0.3 is 0 Å². The van der Waals surface area contributed by atoms with Crippen LogP contribution in [-0.4, -0.2) is 5.97 Å². The van der Waals surface area contributed by atoms with Gasteiger partial charge in [-0.15, -0.1) is 0 Å². The molecule has 3 nitrogen and oxygen atoms in total. The minimum absolute atomic E-state index is 0.430. The van der Waals surface area contributed by atoms with E-state index in [1.54, 1.807) is 0 Å². The molecule has 0 aliphatic rings. The molecule has 0 fully saturated rings. The second-order valence-electron chi connectivity index (χ2n) is 6.47. The van der Waals surface area contributed by atoms with E-state index in [0.29, 0.717) is 5.56 Å². The predicted octanol–water partition coefficient (Wildman–Crippen LogP) is 6.42. The van der Waals surface area contributed by atoms with Crippen LogP contribution in [0.15, 0.2) is 24.3 Å². The fraction of sp³-hybridized carbons (Fsp3) is 0.619. The van der Waals surface area contributed by atoms with Crippen LogP contribution in [0, 0.1) is 6.10 Å². The van der Waals surface area contributed by atoms with Gasteiger partial charge in [0.2, 0.25) is 0 Å². The van der Waals surface area contributed by atoms with Crippen molar-refractivity contribution in [1.29, 1.82) is 0 Å². The molecule has 0 saturated carbocycles. The van der Waals surface area contributed by atoms with E-state index in [4.69, 9.17) is 9.78 Å². The van der Waals surface area contributed by atoms with Crippen LogP contribution in [0.25, 0.3) is 0 Å². The molecule has 1 aromatic rings. The summed E-state index contributed by atoms with van der Waals surface area (Å²) in [6, 6.07) is 7.64. The van der Waals surface area contributed by atoms with E-state index in [1.165, 1.54) is 50.5 Å². The standard InChI is InChI=1S/C21H33O3/c1-4-6-8-10-12-18(3)23-24-21(22)20-16-14-19(15-17-20)13-11-9-7-5-2/h14-17H,4-13H2,1-3H3. The second kappa shape index (κ2) is 13.0. The van der Waals surface area contributed by atoms with Gasteiger partial charge >= 0.3 is 5.97 Å². The van der Waals surface area contributed by atoms with Crippen LogP contribution < -0.4 is 0 Å². The molecule has 0 unspecified atom stereocenters. The van der Waals surface area contributed by atoms with Crippen LogP contribution in [0.5, 0.6) is 0 Å². The Kier molecular flexibility index (Phi) is 11.2. The highest BCUT2D eigenvalue weighted by Crippen LogP contribution is 2.15. The third-order valence-corrected chi connectivity index (χ3v) is 4.15. The first-order chi connectivity index (χ1) is 11.7. The smallest absolute Gasteiger partial charge is 0.292 e. The number of hydrogen-bond acceptors (Lipinski definition) is 3. The number of rotatable bonds is 13. The van der Waals surface area contributed by atoms with E-state index in [-0.39, 0.29) is 0 Å². The third-order valence-electron chi connectivity index (χ3n) is 4.15. The third kappa shape index (κ3) is 9.07. The molecule has 0 spiro atoms. The SMILES string of the molecule is CCCCCC[C](C)OOC(=O)c1ccc(CCCCCC)cc1. The van der Waals surface area contributed by atoms with Gasteiger partial charge in [0, 0.05) is 0 Å². The highest BCUT2D eigenvalue weighted by molar-refractivity contribution is 5.88. The summed E-state index contributed by atoms with van der Waals surface area (Å²) in [5.74, 6) is -0.430. The molecule has 1 aromatic carbocycles. The van der Waals surface area contributed by atoms with Crippen molar-refractivity contribution in [2.75, 3.05) is 0 Å². The topological polar surface area (TPSA) is 35.5 Å². The number of benzene rings is 1. The Morgan fingerprint density at radius 1 is 0.833 bits per heavy atom. The monoisotopic (exact) mass is 333 g/mol. The summed E-state index contributed by atoms with van der Waals surface area (Å²) in [5, 5.41) is 0. The fourth-order valence-electron chi connectivity index (χ4n) is 2.56. The first-order valence-electron chi connectivity index (χ1n) is 9.47. The summed E-state index contributed by atoms with van der Waals surface area (Å²) in [6.07, 6.45) is 12.4. The molecule has 0 aliphatic carbocycles. The lowest BCUT2D eigenvalue weighted by molar-refractivity contribution is -0.233. The first-order valence-corrected chi connectivity index (χ1v) is 9.47. The van der Waals surface area contributed by atoms with Crippen molar-refractivity contribution in [1.82, 2.24) is 0 Å². The van der Waals surface area contributed by atoms with Gasteiger partial charge in [-0.3, -0.25) is 4.89 Å². The zero-order chi connectivity index (χ0) is 17.6. The summed E-state index contributed by atoms with van der Waals surface area (Å²) < 4.78 is 0. The van der Waals surface area contributed by atoms with E-state index in [1.807, 2.05) is 31.2 Å². The van der Waals surface area contributed by atoms with Crippen molar-refractivity contribution < 1.29 is 14.6 Å². The van der Waals surface area contributed by atoms with Crippen LogP contribution >= 0.6 is 0 Å². The number of hydrogen-bond donors (Lipinski definition) is 0. The quantitative estimate of drug-likeness (QED) is 0.237. The molecule has 0 bridgehead atoms. The lowest BCUT2D eigenvalue weighted by atomic mass is 10.0. The highest BCUT2D eigenvalue weighted by atomic mass is 17.2. The van der Waals surface area contributed by atoms with E-state index in [9.17, 15) is 4.79 Å². The van der Waals surface area contributed by atoms with Crippen molar-refractivity contribution in [3.63, 3.8) is 0 Å². The number of carbonyl (C=O) groups is 1. The Hall–Kier alpha value is -1.35. The molecule has 1 radical (unpaired) electrons. The lowest BCUT2D eigenvalue weighted by Gasteiger charge is -2.10. The summed E-state index contributed by atoms with van der Waals surface area (Å²) in [4.78, 5) is 22.0. The predicted molar refractivity (Wildman–Crippen MR) is 98.5 cm³/mol. The molecule has 24 heavy (non-hydrogen) atoms. The Balaban J connectivity index is 2.26. The number of unbranched alkanes of at least 4 members (excludes halogenated alkanes) is 6. The zero-order valence-electron chi connectivity index (χ0n) is 15.6. The molecule has 0 saturated heterocycles. The molecule has 0 atom stereocenters. The molecule has 135 valence electrons. The van der Waals surface area contributed by atoms with Crippen molar-refractivity contribution in [2.45, 2.75) is 85.0 Å². The molecule has 0 heterocycles. The molecule has 1 rings (SSSR count). The minimum atomic E-state index is -0.430. The van der Waals surface area contributed by atoms with Crippen LogP contribution in [0.1, 0.15) is 94.5 Å². The van der Waals surface area contributed by atoms with Gasteiger partial charge in [0.25, 0.3) is 0 Å². The summed E-state index contributed by atoms with van der Waals surface area (Å²) >= 11 is 0. The van der Waals surface area contributed by atoms with Crippen molar-refractivity contribution in [3.8, 4) is 0 Å². The van der Waals surface area contributed by atoms with Crippen LogP contribution in [0.4, 0.5) is 0 Å². The van der Waals surface area contributed by atoms with Gasteiger partial charge in [-0.1, -0.05) is 70.9 Å². The molecule has 0 aromatic heterocycles. The molecule has 0 N–H and O–H groups in total. The number of carbonyl (C=O) groups excluding carboxylic acids is 1. The van der Waals surface area contributed by atoms with E-state index in [0.717, 1.165) is 25.4 Å². The molecular weight excluding hydrogens is 300 g/mol. The summed E-state index contributed by atoms with van der Waals surface area (Å²) in [6.45, 7) is 6.26. The zero-order valence-corrected chi connectivity index (χ0v) is 15.6. The van der Waals surface area contributed by atoms with Crippen molar-refractivity contribution in [3.05, 3.63) is 41.5 Å². The van der Waals surface area contributed by atoms with Gasteiger partial charge in [-0.25, -0.2) is 4.79 Å². The molecule has 0 aliphatic heterocycles. The van der Waals surface area contributed by atoms with Gasteiger partial charge in [0.1, 0.15) is 6.10 Å². The number of aryl methyl sites for hydroxylation is 1. The lowest BCUT2D eigenvalue weighted by Crippen LogP contribution is -2.09.